The molecular weight excluding hydrogens is 304 g/mol. The number of para-hydroxylation sites is 1. The highest BCUT2D eigenvalue weighted by Crippen LogP contribution is 2.30. The van der Waals surface area contributed by atoms with Gasteiger partial charge in [-0.1, -0.05) is 17.3 Å². The minimum Gasteiger partial charge on any atom is -0.334 e. The molecule has 1 fully saturated rings. The molecule has 3 heterocycles. The van der Waals surface area contributed by atoms with Crippen molar-refractivity contribution in [1.82, 2.24) is 30.1 Å². The average molecular weight is 324 g/mol. The zero-order chi connectivity index (χ0) is 16.4. The topological polar surface area (TPSA) is 79.7 Å². The van der Waals surface area contributed by atoms with Crippen molar-refractivity contribution in [2.24, 2.45) is 0 Å². The molecule has 1 N–H and O–H groups in total. The first kappa shape index (κ1) is 14.9. The van der Waals surface area contributed by atoms with Crippen molar-refractivity contribution in [3.63, 3.8) is 0 Å². The van der Waals surface area contributed by atoms with Crippen LogP contribution in [0.15, 0.2) is 36.5 Å². The summed E-state index contributed by atoms with van der Waals surface area (Å²) in [4.78, 5) is 14.7. The van der Waals surface area contributed by atoms with Gasteiger partial charge in [0.25, 0.3) is 0 Å². The van der Waals surface area contributed by atoms with E-state index >= 15 is 0 Å². The van der Waals surface area contributed by atoms with E-state index < -0.39 is 0 Å². The lowest BCUT2D eigenvalue weighted by Crippen LogP contribution is -2.39. The molecule has 2 aromatic heterocycles. The molecular formula is C17H20N6O. The Kier molecular flexibility index (Phi) is 3.98. The average Bonchev–Trinajstić information content (AvgIpc) is 3.30. The monoisotopic (exact) mass is 324 g/mol. The van der Waals surface area contributed by atoms with Crippen LogP contribution in [0.5, 0.6) is 0 Å². The number of aromatic amines is 1. The van der Waals surface area contributed by atoms with E-state index in [-0.39, 0.29) is 11.9 Å². The number of benzene rings is 1. The molecule has 124 valence electrons. The van der Waals surface area contributed by atoms with Crippen molar-refractivity contribution in [2.45, 2.75) is 38.3 Å². The molecule has 4 rings (SSSR count). The molecule has 0 saturated carbocycles. The Morgan fingerprint density at radius 1 is 1.25 bits per heavy atom. The van der Waals surface area contributed by atoms with Gasteiger partial charge in [-0.05, 0) is 37.5 Å². The molecule has 1 saturated heterocycles. The van der Waals surface area contributed by atoms with Crippen LogP contribution in [0.2, 0.25) is 0 Å². The summed E-state index contributed by atoms with van der Waals surface area (Å²) >= 11 is 0. The number of amides is 1. The van der Waals surface area contributed by atoms with Gasteiger partial charge in [0.2, 0.25) is 5.91 Å². The van der Waals surface area contributed by atoms with E-state index in [0.29, 0.717) is 13.0 Å². The summed E-state index contributed by atoms with van der Waals surface area (Å²) in [5.74, 6) is 0.161. The maximum atomic E-state index is 12.8. The number of carbonyl (C=O) groups excluding carboxylic acids is 1. The van der Waals surface area contributed by atoms with Crippen LogP contribution in [0, 0.1) is 0 Å². The van der Waals surface area contributed by atoms with Crippen molar-refractivity contribution in [3.8, 4) is 0 Å². The molecule has 0 bridgehead atoms. The number of fused-ring (bicyclic) bond motifs is 1. The smallest absolute Gasteiger partial charge is 0.225 e. The number of aromatic nitrogens is 5. The van der Waals surface area contributed by atoms with Crippen molar-refractivity contribution < 1.29 is 4.79 Å². The van der Waals surface area contributed by atoms with Crippen LogP contribution < -0.4 is 0 Å². The first-order valence-corrected chi connectivity index (χ1v) is 8.40. The van der Waals surface area contributed by atoms with Crippen molar-refractivity contribution in [1.29, 1.82) is 0 Å². The number of likely N-dealkylation sites (tertiary alicyclic amines) is 1. The van der Waals surface area contributed by atoms with E-state index in [9.17, 15) is 4.79 Å². The van der Waals surface area contributed by atoms with Crippen LogP contribution in [0.3, 0.4) is 0 Å². The van der Waals surface area contributed by atoms with Crippen LogP contribution in [0.25, 0.3) is 11.0 Å². The minimum atomic E-state index is 0.112. The van der Waals surface area contributed by atoms with Crippen LogP contribution >= 0.6 is 0 Å². The van der Waals surface area contributed by atoms with Gasteiger partial charge in [-0.3, -0.25) is 9.89 Å². The Hall–Kier alpha value is -2.70. The first-order chi connectivity index (χ1) is 11.8. The van der Waals surface area contributed by atoms with Crippen LogP contribution in [-0.4, -0.2) is 42.5 Å². The summed E-state index contributed by atoms with van der Waals surface area (Å²) in [5.41, 5.74) is 2.85. The summed E-state index contributed by atoms with van der Waals surface area (Å²) in [5, 5.41) is 15.3. The van der Waals surface area contributed by atoms with Gasteiger partial charge in [-0.25, -0.2) is 4.68 Å². The second-order valence-electron chi connectivity index (χ2n) is 6.16. The van der Waals surface area contributed by atoms with Crippen molar-refractivity contribution >= 4 is 16.9 Å². The Morgan fingerprint density at radius 3 is 3.04 bits per heavy atom. The third-order valence-corrected chi connectivity index (χ3v) is 4.66. The van der Waals surface area contributed by atoms with Crippen molar-refractivity contribution in [2.75, 3.05) is 6.54 Å². The number of nitrogens with one attached hydrogen (secondary N) is 1. The summed E-state index contributed by atoms with van der Waals surface area (Å²) < 4.78 is 1.81. The Labute approximate surface area is 139 Å². The number of nitrogens with zero attached hydrogens (tertiary/aromatic N) is 5. The van der Waals surface area contributed by atoms with E-state index in [1.807, 2.05) is 39.9 Å². The van der Waals surface area contributed by atoms with Gasteiger partial charge >= 0.3 is 0 Å². The van der Waals surface area contributed by atoms with E-state index in [1.54, 1.807) is 6.20 Å². The lowest BCUT2D eigenvalue weighted by atomic mass is 9.99. The number of aryl methyl sites for hydroxylation is 1. The second kappa shape index (κ2) is 6.43. The van der Waals surface area contributed by atoms with E-state index in [4.69, 9.17) is 0 Å². The molecule has 7 heteroatoms. The van der Waals surface area contributed by atoms with Gasteiger partial charge in [0.05, 0.1) is 23.8 Å². The van der Waals surface area contributed by atoms with Gasteiger partial charge in [-0.15, -0.1) is 5.10 Å². The fourth-order valence-electron chi connectivity index (χ4n) is 3.43. The van der Waals surface area contributed by atoms with Crippen LogP contribution in [0.1, 0.15) is 37.4 Å². The minimum absolute atomic E-state index is 0.112. The SMILES string of the molecule is O=C(CCn1nnc2ccccc21)N1CCCC[C@H]1c1ccn[nH]1. The number of carbonyl (C=O) groups is 1. The lowest BCUT2D eigenvalue weighted by molar-refractivity contribution is -0.135. The van der Waals surface area contributed by atoms with Crippen molar-refractivity contribution in [3.05, 3.63) is 42.2 Å². The zero-order valence-corrected chi connectivity index (χ0v) is 13.4. The van der Waals surface area contributed by atoms with E-state index in [2.05, 4.69) is 20.5 Å². The number of hydrogen-bond donors (Lipinski definition) is 1. The molecule has 3 aromatic rings. The van der Waals surface area contributed by atoms with Crippen LogP contribution in [-0.2, 0) is 11.3 Å². The Bertz CT molecular complexity index is 825. The fourth-order valence-corrected chi connectivity index (χ4v) is 3.43. The van der Waals surface area contributed by atoms with Gasteiger partial charge < -0.3 is 4.90 Å². The zero-order valence-electron chi connectivity index (χ0n) is 13.4. The molecule has 0 radical (unpaired) electrons. The quantitative estimate of drug-likeness (QED) is 0.798. The van der Waals surface area contributed by atoms with Gasteiger partial charge in [0.1, 0.15) is 5.52 Å². The lowest BCUT2D eigenvalue weighted by Gasteiger charge is -2.35. The van der Waals surface area contributed by atoms with Gasteiger partial charge in [0.15, 0.2) is 0 Å². The summed E-state index contributed by atoms with van der Waals surface area (Å²) in [6.07, 6.45) is 5.36. The largest absolute Gasteiger partial charge is 0.334 e. The predicted molar refractivity (Wildman–Crippen MR) is 89.0 cm³/mol. The number of piperidine rings is 1. The number of H-pyrrole nitrogens is 1. The van der Waals surface area contributed by atoms with Gasteiger partial charge in [0, 0.05) is 19.2 Å². The first-order valence-electron chi connectivity index (χ1n) is 8.40. The third kappa shape index (κ3) is 2.77. The highest BCUT2D eigenvalue weighted by Gasteiger charge is 2.28. The molecule has 24 heavy (non-hydrogen) atoms. The third-order valence-electron chi connectivity index (χ3n) is 4.66. The molecule has 1 atom stereocenters. The van der Waals surface area contributed by atoms with E-state index in [0.717, 1.165) is 42.5 Å². The standard InChI is InChI=1S/C17H20N6O/c24-17(9-12-23-16-7-2-1-5-13(16)20-21-23)22-11-4-3-6-15(22)14-8-10-18-19-14/h1-2,5,7-8,10,15H,3-4,6,9,11-12H2,(H,18,19)/t15-/m0/s1. The molecule has 1 amide bonds. The maximum absolute atomic E-state index is 12.8. The second-order valence-corrected chi connectivity index (χ2v) is 6.16. The molecule has 0 unspecified atom stereocenters. The van der Waals surface area contributed by atoms with Gasteiger partial charge in [-0.2, -0.15) is 5.10 Å². The molecule has 0 spiro atoms. The summed E-state index contributed by atoms with van der Waals surface area (Å²) in [7, 11) is 0. The Balaban J connectivity index is 1.47. The Morgan fingerprint density at radius 2 is 2.17 bits per heavy atom. The number of hydrogen-bond acceptors (Lipinski definition) is 4. The maximum Gasteiger partial charge on any atom is 0.225 e. The normalized spacial score (nSPS) is 18.2. The van der Waals surface area contributed by atoms with E-state index in [1.165, 1.54) is 0 Å². The molecule has 1 aliphatic rings. The predicted octanol–water partition coefficient (Wildman–Crippen LogP) is 2.30. The summed E-state index contributed by atoms with van der Waals surface area (Å²) in [6.45, 7) is 1.35. The molecule has 1 aromatic carbocycles. The summed E-state index contributed by atoms with van der Waals surface area (Å²) in [6, 6.07) is 9.88. The fraction of sp³-hybridized carbons (Fsp3) is 0.412. The molecule has 1 aliphatic heterocycles. The number of rotatable bonds is 4. The molecule has 7 nitrogen and oxygen atoms in total. The highest BCUT2D eigenvalue weighted by atomic mass is 16.2. The highest BCUT2D eigenvalue weighted by molar-refractivity contribution is 5.77. The molecule has 0 aliphatic carbocycles. The van der Waals surface area contributed by atoms with Crippen LogP contribution in [0.4, 0.5) is 0 Å².